The third-order valence-corrected chi connectivity index (χ3v) is 4.67. The maximum absolute atomic E-state index is 12.8. The minimum absolute atomic E-state index is 0.260. The molecule has 0 saturated heterocycles. The molecule has 2 aromatic rings. The zero-order chi connectivity index (χ0) is 18.7. The van der Waals surface area contributed by atoms with Crippen LogP contribution in [0.5, 0.6) is 17.2 Å². The second kappa shape index (κ2) is 7.56. The van der Waals surface area contributed by atoms with Crippen molar-refractivity contribution in [2.45, 2.75) is 13.3 Å². The van der Waals surface area contributed by atoms with Gasteiger partial charge in [0.2, 0.25) is 5.75 Å². The van der Waals surface area contributed by atoms with Crippen molar-refractivity contribution in [1.82, 2.24) is 0 Å². The van der Waals surface area contributed by atoms with Gasteiger partial charge in [0.05, 0.1) is 26.9 Å². The Kier molecular flexibility index (Phi) is 5.21. The number of benzene rings is 2. The number of nitrogens with zero attached hydrogens (tertiary/aromatic N) is 1. The van der Waals surface area contributed by atoms with E-state index in [4.69, 9.17) is 14.2 Å². The standard InChI is InChI=1S/C20H24N2O4/c1-5-22-11-10-13-6-7-14(12-16(13)22)21-20(23)15-8-9-17(24-2)19(26-4)18(15)25-3/h6-9,12H,5,10-11H2,1-4H3,(H,21,23). The van der Waals surface area contributed by atoms with Gasteiger partial charge in [0.1, 0.15) is 0 Å². The summed E-state index contributed by atoms with van der Waals surface area (Å²) < 4.78 is 16.0. The van der Waals surface area contributed by atoms with Gasteiger partial charge in [-0.05, 0) is 43.2 Å². The van der Waals surface area contributed by atoms with Gasteiger partial charge in [0.15, 0.2) is 11.5 Å². The van der Waals surface area contributed by atoms with E-state index in [9.17, 15) is 4.79 Å². The molecule has 3 rings (SSSR count). The van der Waals surface area contributed by atoms with Gasteiger partial charge in [-0.2, -0.15) is 0 Å². The van der Waals surface area contributed by atoms with Crippen molar-refractivity contribution in [3.05, 3.63) is 41.5 Å². The van der Waals surface area contributed by atoms with E-state index < -0.39 is 0 Å². The second-order valence-corrected chi connectivity index (χ2v) is 6.01. The Hall–Kier alpha value is -2.89. The lowest BCUT2D eigenvalue weighted by Crippen LogP contribution is -2.19. The number of amides is 1. The van der Waals surface area contributed by atoms with E-state index in [1.165, 1.54) is 25.5 Å². The molecular weight excluding hydrogens is 332 g/mol. The van der Waals surface area contributed by atoms with E-state index in [-0.39, 0.29) is 5.91 Å². The third kappa shape index (κ3) is 3.14. The number of hydrogen-bond donors (Lipinski definition) is 1. The summed E-state index contributed by atoms with van der Waals surface area (Å²) in [6.07, 6.45) is 1.04. The lowest BCUT2D eigenvalue weighted by atomic mass is 10.1. The van der Waals surface area contributed by atoms with Gasteiger partial charge in [-0.15, -0.1) is 0 Å². The average molecular weight is 356 g/mol. The van der Waals surface area contributed by atoms with Gasteiger partial charge in [-0.3, -0.25) is 4.79 Å². The summed E-state index contributed by atoms with van der Waals surface area (Å²) in [4.78, 5) is 15.1. The summed E-state index contributed by atoms with van der Waals surface area (Å²) in [5.74, 6) is 0.996. The number of ether oxygens (including phenoxy) is 3. The fraction of sp³-hybridized carbons (Fsp3) is 0.350. The van der Waals surface area contributed by atoms with Crippen molar-refractivity contribution in [1.29, 1.82) is 0 Å². The van der Waals surface area contributed by atoms with Gasteiger partial charge in [0, 0.05) is 24.5 Å². The molecule has 6 nitrogen and oxygen atoms in total. The van der Waals surface area contributed by atoms with Crippen LogP contribution in [0.15, 0.2) is 30.3 Å². The van der Waals surface area contributed by atoms with Crippen LogP contribution in [0.3, 0.4) is 0 Å². The molecule has 0 bridgehead atoms. The maximum atomic E-state index is 12.8. The lowest BCUT2D eigenvalue weighted by molar-refractivity contribution is 0.102. The molecule has 2 aromatic carbocycles. The largest absolute Gasteiger partial charge is 0.493 e. The molecule has 0 radical (unpaired) electrons. The summed E-state index contributed by atoms with van der Waals surface area (Å²) in [7, 11) is 4.56. The molecule has 0 fully saturated rings. The molecule has 26 heavy (non-hydrogen) atoms. The smallest absolute Gasteiger partial charge is 0.259 e. The molecular formula is C20H24N2O4. The molecule has 0 aliphatic carbocycles. The SMILES string of the molecule is CCN1CCc2ccc(NC(=O)c3ccc(OC)c(OC)c3OC)cc21. The van der Waals surface area contributed by atoms with Crippen LogP contribution in [-0.4, -0.2) is 40.3 Å². The average Bonchev–Trinajstić information content (AvgIpc) is 3.08. The van der Waals surface area contributed by atoms with Crippen LogP contribution in [-0.2, 0) is 6.42 Å². The molecule has 0 unspecified atom stereocenters. The Morgan fingerprint density at radius 2 is 1.85 bits per heavy atom. The molecule has 0 atom stereocenters. The highest BCUT2D eigenvalue weighted by atomic mass is 16.5. The molecule has 138 valence electrons. The first-order valence-electron chi connectivity index (χ1n) is 8.61. The molecule has 1 aliphatic heterocycles. The van der Waals surface area contributed by atoms with Crippen molar-refractivity contribution in [3.8, 4) is 17.2 Å². The highest BCUT2D eigenvalue weighted by Gasteiger charge is 2.22. The number of carbonyl (C=O) groups is 1. The molecule has 1 N–H and O–H groups in total. The molecule has 0 saturated carbocycles. The minimum atomic E-state index is -0.260. The summed E-state index contributed by atoms with van der Waals surface area (Å²) >= 11 is 0. The number of methoxy groups -OCH3 is 3. The zero-order valence-electron chi connectivity index (χ0n) is 15.6. The maximum Gasteiger partial charge on any atom is 0.259 e. The second-order valence-electron chi connectivity index (χ2n) is 6.01. The van der Waals surface area contributed by atoms with Crippen molar-refractivity contribution in [2.75, 3.05) is 44.6 Å². The third-order valence-electron chi connectivity index (χ3n) is 4.67. The van der Waals surface area contributed by atoms with E-state index in [1.54, 1.807) is 19.2 Å². The number of hydrogen-bond acceptors (Lipinski definition) is 5. The molecule has 1 heterocycles. The predicted molar refractivity (Wildman–Crippen MR) is 102 cm³/mol. The van der Waals surface area contributed by atoms with Gasteiger partial charge in [-0.25, -0.2) is 0 Å². The molecule has 0 aromatic heterocycles. The summed E-state index contributed by atoms with van der Waals surface area (Å²) in [6, 6.07) is 9.39. The van der Waals surface area contributed by atoms with E-state index in [0.29, 0.717) is 22.8 Å². The molecule has 0 spiro atoms. The Bertz CT molecular complexity index is 820. The minimum Gasteiger partial charge on any atom is -0.493 e. The van der Waals surface area contributed by atoms with Gasteiger partial charge >= 0.3 is 0 Å². The predicted octanol–water partition coefficient (Wildman–Crippen LogP) is 3.35. The first-order valence-corrected chi connectivity index (χ1v) is 8.61. The van der Waals surface area contributed by atoms with Crippen LogP contribution >= 0.6 is 0 Å². The number of anilines is 2. The molecule has 1 amide bonds. The van der Waals surface area contributed by atoms with Crippen LogP contribution in [0, 0.1) is 0 Å². The number of carbonyl (C=O) groups excluding carboxylic acids is 1. The summed E-state index contributed by atoms with van der Waals surface area (Å²) in [5.41, 5.74) is 3.64. The summed E-state index contributed by atoms with van der Waals surface area (Å²) in [6.45, 7) is 4.11. The molecule has 1 aliphatic rings. The Morgan fingerprint density at radius 1 is 1.08 bits per heavy atom. The number of likely N-dealkylation sites (N-methyl/N-ethyl adjacent to an activating group) is 1. The van der Waals surface area contributed by atoms with Crippen LogP contribution in [0.4, 0.5) is 11.4 Å². The van der Waals surface area contributed by atoms with Crippen LogP contribution < -0.4 is 24.4 Å². The first-order chi connectivity index (χ1) is 12.6. The molecule has 6 heteroatoms. The number of nitrogens with one attached hydrogen (secondary N) is 1. The van der Waals surface area contributed by atoms with Crippen molar-refractivity contribution in [2.24, 2.45) is 0 Å². The summed E-state index contributed by atoms with van der Waals surface area (Å²) in [5, 5.41) is 2.95. The topological polar surface area (TPSA) is 60.0 Å². The fourth-order valence-corrected chi connectivity index (χ4v) is 3.33. The van der Waals surface area contributed by atoms with Crippen LogP contribution in [0.25, 0.3) is 0 Å². The van der Waals surface area contributed by atoms with Crippen molar-refractivity contribution < 1.29 is 19.0 Å². The Morgan fingerprint density at radius 3 is 2.50 bits per heavy atom. The quantitative estimate of drug-likeness (QED) is 0.860. The van der Waals surface area contributed by atoms with E-state index in [2.05, 4.69) is 23.2 Å². The van der Waals surface area contributed by atoms with E-state index in [0.717, 1.165) is 25.2 Å². The number of fused-ring (bicyclic) bond motifs is 1. The first kappa shape index (κ1) is 17.9. The highest BCUT2D eigenvalue weighted by molar-refractivity contribution is 6.07. The van der Waals surface area contributed by atoms with Crippen LogP contribution in [0.2, 0.25) is 0 Å². The highest BCUT2D eigenvalue weighted by Crippen LogP contribution is 2.40. The number of rotatable bonds is 6. The van der Waals surface area contributed by atoms with E-state index in [1.807, 2.05) is 12.1 Å². The zero-order valence-corrected chi connectivity index (χ0v) is 15.6. The fourth-order valence-electron chi connectivity index (χ4n) is 3.33. The Balaban J connectivity index is 1.89. The lowest BCUT2D eigenvalue weighted by Gasteiger charge is -2.18. The van der Waals surface area contributed by atoms with Gasteiger partial charge in [-0.1, -0.05) is 6.07 Å². The Labute approximate surface area is 153 Å². The van der Waals surface area contributed by atoms with Crippen LogP contribution in [0.1, 0.15) is 22.8 Å². The monoisotopic (exact) mass is 356 g/mol. The van der Waals surface area contributed by atoms with Crippen molar-refractivity contribution >= 4 is 17.3 Å². The van der Waals surface area contributed by atoms with Gasteiger partial charge in [0.25, 0.3) is 5.91 Å². The van der Waals surface area contributed by atoms with E-state index >= 15 is 0 Å². The van der Waals surface area contributed by atoms with Gasteiger partial charge < -0.3 is 24.4 Å². The van der Waals surface area contributed by atoms with Crippen molar-refractivity contribution in [3.63, 3.8) is 0 Å². The normalized spacial score (nSPS) is 12.5.